The van der Waals surface area contributed by atoms with Gasteiger partial charge in [0, 0.05) is 44.5 Å². The summed E-state index contributed by atoms with van der Waals surface area (Å²) in [6.45, 7) is 3.44. The van der Waals surface area contributed by atoms with Gasteiger partial charge in [-0.15, -0.1) is 10.2 Å². The van der Waals surface area contributed by atoms with Gasteiger partial charge in [0.2, 0.25) is 5.91 Å². The first-order chi connectivity index (χ1) is 15.7. The number of para-hydroxylation sites is 1. The molecule has 6 nitrogen and oxygen atoms in total. The topological polar surface area (TPSA) is 69.0 Å². The van der Waals surface area contributed by atoms with Crippen molar-refractivity contribution in [2.24, 2.45) is 0 Å². The van der Waals surface area contributed by atoms with Gasteiger partial charge in [0.15, 0.2) is 5.16 Å². The molecule has 32 heavy (non-hydrogen) atoms. The van der Waals surface area contributed by atoms with E-state index in [1.807, 2.05) is 18.2 Å². The Morgan fingerprint density at radius 2 is 1.91 bits per heavy atom. The number of carbonyl (C=O) groups is 1. The summed E-state index contributed by atoms with van der Waals surface area (Å²) in [6.07, 6.45) is 3.86. The highest BCUT2D eigenvalue weighted by Gasteiger charge is 2.14. The number of hydrogen-bond acceptors (Lipinski definition) is 5. The van der Waals surface area contributed by atoms with E-state index in [0.29, 0.717) is 19.6 Å². The highest BCUT2D eigenvalue weighted by Crippen LogP contribution is 2.26. The third-order valence-electron chi connectivity index (χ3n) is 5.07. The fraction of sp³-hybridized carbons (Fsp3) is 0.400. The molecule has 0 atom stereocenters. The number of unbranched alkanes of at least 4 members (excludes halogenated alkanes) is 1. The van der Waals surface area contributed by atoms with Crippen LogP contribution in [0.4, 0.5) is 0 Å². The summed E-state index contributed by atoms with van der Waals surface area (Å²) in [5.41, 5.74) is 3.60. The molecule has 2 aromatic carbocycles. The zero-order chi connectivity index (χ0) is 22.6. The van der Waals surface area contributed by atoms with E-state index < -0.39 is 0 Å². The van der Waals surface area contributed by atoms with Gasteiger partial charge in [-0.05, 0) is 43.9 Å². The molecule has 3 rings (SSSR count). The fourth-order valence-corrected chi connectivity index (χ4v) is 4.36. The SMILES string of the molecule is COCCCNC(=O)CCCCc1nnc(SCc2cccc(C)c2)n1-c1ccccc1. The number of carbonyl (C=O) groups excluding carboxylic acids is 1. The number of aryl methyl sites for hydroxylation is 2. The van der Waals surface area contributed by atoms with E-state index in [1.165, 1.54) is 11.1 Å². The van der Waals surface area contributed by atoms with Crippen molar-refractivity contribution in [2.75, 3.05) is 20.3 Å². The Balaban J connectivity index is 1.59. The summed E-state index contributed by atoms with van der Waals surface area (Å²) in [6, 6.07) is 18.8. The summed E-state index contributed by atoms with van der Waals surface area (Å²) < 4.78 is 7.14. The normalized spacial score (nSPS) is 10.9. The van der Waals surface area contributed by atoms with Crippen LogP contribution in [0.3, 0.4) is 0 Å². The number of benzene rings is 2. The third kappa shape index (κ3) is 7.50. The molecule has 0 aliphatic heterocycles. The average molecular weight is 453 g/mol. The zero-order valence-electron chi connectivity index (χ0n) is 18.9. The summed E-state index contributed by atoms with van der Waals surface area (Å²) >= 11 is 1.70. The lowest BCUT2D eigenvalue weighted by Crippen LogP contribution is -2.24. The third-order valence-corrected chi connectivity index (χ3v) is 6.07. The van der Waals surface area contributed by atoms with Crippen LogP contribution in [0.25, 0.3) is 5.69 Å². The van der Waals surface area contributed by atoms with Gasteiger partial charge < -0.3 is 10.1 Å². The first-order valence-corrected chi connectivity index (χ1v) is 12.1. The average Bonchev–Trinajstić information content (AvgIpc) is 3.21. The van der Waals surface area contributed by atoms with E-state index in [9.17, 15) is 4.79 Å². The molecular formula is C25H32N4O2S. The minimum atomic E-state index is 0.0972. The smallest absolute Gasteiger partial charge is 0.219 e. The Labute approximate surface area is 194 Å². The molecule has 170 valence electrons. The van der Waals surface area contributed by atoms with E-state index in [1.54, 1.807) is 18.9 Å². The second-order valence-electron chi connectivity index (χ2n) is 7.75. The van der Waals surface area contributed by atoms with E-state index >= 15 is 0 Å². The van der Waals surface area contributed by atoms with Gasteiger partial charge in [0.1, 0.15) is 5.82 Å². The molecular weight excluding hydrogens is 420 g/mol. The van der Waals surface area contributed by atoms with Crippen LogP contribution < -0.4 is 5.32 Å². The number of methoxy groups -OCH3 is 1. The van der Waals surface area contributed by atoms with Gasteiger partial charge in [-0.3, -0.25) is 9.36 Å². The van der Waals surface area contributed by atoms with Crippen molar-refractivity contribution < 1.29 is 9.53 Å². The monoisotopic (exact) mass is 452 g/mol. The first-order valence-electron chi connectivity index (χ1n) is 11.1. The molecule has 0 radical (unpaired) electrons. The predicted octanol–water partition coefficient (Wildman–Crippen LogP) is 4.73. The summed E-state index contributed by atoms with van der Waals surface area (Å²) in [5, 5.41) is 12.8. The molecule has 7 heteroatoms. The highest BCUT2D eigenvalue weighted by atomic mass is 32.2. The van der Waals surface area contributed by atoms with Crippen LogP contribution in [-0.2, 0) is 21.7 Å². The van der Waals surface area contributed by atoms with Gasteiger partial charge in [0.25, 0.3) is 0 Å². The molecule has 0 bridgehead atoms. The van der Waals surface area contributed by atoms with Crippen LogP contribution in [0.15, 0.2) is 59.8 Å². The Bertz CT molecular complexity index is 975. The molecule has 1 N–H and O–H groups in total. The first kappa shape index (κ1) is 24.0. The van der Waals surface area contributed by atoms with Crippen LogP contribution >= 0.6 is 11.8 Å². The lowest BCUT2D eigenvalue weighted by Gasteiger charge is -2.10. The Morgan fingerprint density at radius 3 is 2.69 bits per heavy atom. The van der Waals surface area contributed by atoms with Crippen molar-refractivity contribution in [1.82, 2.24) is 20.1 Å². The second kappa shape index (κ2) is 13.0. The van der Waals surface area contributed by atoms with Crippen LogP contribution in [0.2, 0.25) is 0 Å². The van der Waals surface area contributed by atoms with E-state index in [-0.39, 0.29) is 5.91 Å². The summed E-state index contributed by atoms with van der Waals surface area (Å²) in [7, 11) is 1.67. The minimum absolute atomic E-state index is 0.0972. The standard InChI is InChI=1S/C25H32N4O2S/c1-20-10-8-11-21(18-20)19-32-25-28-27-23(29(25)22-12-4-3-5-13-22)14-6-7-15-24(30)26-16-9-17-31-2/h3-5,8,10-13,18H,6-7,9,14-17,19H2,1-2H3,(H,26,30). The van der Waals surface area contributed by atoms with E-state index in [2.05, 4.69) is 63.4 Å². The van der Waals surface area contributed by atoms with Gasteiger partial charge in [0.05, 0.1) is 0 Å². The Kier molecular flexibility index (Phi) is 9.78. The van der Waals surface area contributed by atoms with E-state index in [0.717, 1.165) is 48.1 Å². The number of ether oxygens (including phenoxy) is 1. The second-order valence-corrected chi connectivity index (χ2v) is 8.69. The number of nitrogens with zero attached hydrogens (tertiary/aromatic N) is 3. The Morgan fingerprint density at radius 1 is 1.06 bits per heavy atom. The zero-order valence-corrected chi connectivity index (χ0v) is 19.7. The molecule has 1 amide bonds. The van der Waals surface area contributed by atoms with Crippen LogP contribution in [0.1, 0.15) is 42.6 Å². The van der Waals surface area contributed by atoms with Gasteiger partial charge >= 0.3 is 0 Å². The van der Waals surface area contributed by atoms with Gasteiger partial charge in [-0.1, -0.05) is 59.8 Å². The molecule has 0 fully saturated rings. The van der Waals surface area contributed by atoms with Crippen molar-refractivity contribution >= 4 is 17.7 Å². The van der Waals surface area contributed by atoms with Crippen LogP contribution in [0.5, 0.6) is 0 Å². The maximum atomic E-state index is 12.0. The molecule has 0 saturated carbocycles. The molecule has 1 heterocycles. The number of rotatable bonds is 13. The van der Waals surface area contributed by atoms with E-state index in [4.69, 9.17) is 4.74 Å². The predicted molar refractivity (Wildman–Crippen MR) is 129 cm³/mol. The molecule has 3 aromatic rings. The van der Waals surface area contributed by atoms with Crippen molar-refractivity contribution in [3.8, 4) is 5.69 Å². The quantitative estimate of drug-likeness (QED) is 0.300. The Hall–Kier alpha value is -2.64. The fourth-order valence-electron chi connectivity index (χ4n) is 3.44. The maximum absolute atomic E-state index is 12.0. The van der Waals surface area contributed by atoms with Crippen molar-refractivity contribution in [3.05, 3.63) is 71.5 Å². The van der Waals surface area contributed by atoms with Crippen LogP contribution in [-0.4, -0.2) is 40.9 Å². The molecule has 0 aliphatic rings. The van der Waals surface area contributed by atoms with Crippen molar-refractivity contribution in [1.29, 1.82) is 0 Å². The van der Waals surface area contributed by atoms with Crippen molar-refractivity contribution in [3.63, 3.8) is 0 Å². The lowest BCUT2D eigenvalue weighted by atomic mass is 10.1. The summed E-state index contributed by atoms with van der Waals surface area (Å²) in [4.78, 5) is 12.0. The van der Waals surface area contributed by atoms with Gasteiger partial charge in [-0.25, -0.2) is 0 Å². The molecule has 1 aromatic heterocycles. The largest absolute Gasteiger partial charge is 0.385 e. The maximum Gasteiger partial charge on any atom is 0.219 e. The number of amides is 1. The van der Waals surface area contributed by atoms with Crippen LogP contribution in [0, 0.1) is 6.92 Å². The highest BCUT2D eigenvalue weighted by molar-refractivity contribution is 7.98. The number of thioether (sulfide) groups is 1. The number of nitrogens with one attached hydrogen (secondary N) is 1. The van der Waals surface area contributed by atoms with Gasteiger partial charge in [-0.2, -0.15) is 0 Å². The van der Waals surface area contributed by atoms with Crippen molar-refractivity contribution in [2.45, 2.75) is 49.9 Å². The number of hydrogen-bond donors (Lipinski definition) is 1. The molecule has 0 aliphatic carbocycles. The lowest BCUT2D eigenvalue weighted by molar-refractivity contribution is -0.121. The number of aromatic nitrogens is 3. The summed E-state index contributed by atoms with van der Waals surface area (Å²) in [5.74, 6) is 1.87. The molecule has 0 spiro atoms. The minimum Gasteiger partial charge on any atom is -0.385 e. The molecule has 0 unspecified atom stereocenters. The molecule has 0 saturated heterocycles.